The third-order valence-corrected chi connectivity index (χ3v) is 8.81. The zero-order valence-corrected chi connectivity index (χ0v) is 21.9. The zero-order chi connectivity index (χ0) is 26.7. The number of fused-ring (bicyclic) bond motifs is 15. The second-order valence-corrected chi connectivity index (χ2v) is 10.9. The van der Waals surface area contributed by atoms with Gasteiger partial charge in [0.05, 0.1) is 11.0 Å². The molecular formula is C36H21N5. The number of benzene rings is 4. The van der Waals surface area contributed by atoms with Gasteiger partial charge in [-0.25, -0.2) is 15.0 Å². The fourth-order valence-electron chi connectivity index (χ4n) is 7.13. The van der Waals surface area contributed by atoms with Crippen LogP contribution in [0.25, 0.3) is 77.2 Å². The van der Waals surface area contributed by atoms with E-state index in [4.69, 9.17) is 15.0 Å². The van der Waals surface area contributed by atoms with Gasteiger partial charge in [0.15, 0.2) is 5.65 Å². The van der Waals surface area contributed by atoms with Crippen molar-refractivity contribution in [3.05, 3.63) is 127 Å². The number of nitrogens with zero attached hydrogens (tertiary/aromatic N) is 5. The first-order chi connectivity index (χ1) is 20.3. The molecule has 5 heterocycles. The van der Waals surface area contributed by atoms with Crippen LogP contribution in [0.2, 0.25) is 0 Å². The van der Waals surface area contributed by atoms with Crippen molar-refractivity contribution in [2.75, 3.05) is 0 Å². The molecule has 0 bridgehead atoms. The predicted octanol–water partition coefficient (Wildman–Crippen LogP) is 8.25. The molecule has 5 nitrogen and oxygen atoms in total. The van der Waals surface area contributed by atoms with Crippen LogP contribution in [0.1, 0.15) is 11.1 Å². The molecule has 0 aliphatic heterocycles. The van der Waals surface area contributed by atoms with Crippen LogP contribution in [0.5, 0.6) is 0 Å². The van der Waals surface area contributed by atoms with Crippen molar-refractivity contribution in [3.63, 3.8) is 0 Å². The van der Waals surface area contributed by atoms with Crippen LogP contribution in [-0.2, 0) is 6.42 Å². The summed E-state index contributed by atoms with van der Waals surface area (Å²) in [6, 6.07) is 37.0. The molecule has 10 rings (SSSR count). The molecule has 1 aliphatic carbocycles. The number of para-hydroxylation sites is 1. The summed E-state index contributed by atoms with van der Waals surface area (Å²) >= 11 is 0. The number of hydrogen-bond donors (Lipinski definition) is 0. The molecule has 0 unspecified atom stereocenters. The number of hydrogen-bond acceptors (Lipinski definition) is 3. The molecule has 41 heavy (non-hydrogen) atoms. The summed E-state index contributed by atoms with van der Waals surface area (Å²) in [6.45, 7) is 0. The summed E-state index contributed by atoms with van der Waals surface area (Å²) in [5.74, 6) is 0. The van der Waals surface area contributed by atoms with Crippen molar-refractivity contribution >= 4 is 60.4 Å². The van der Waals surface area contributed by atoms with Crippen molar-refractivity contribution in [2.45, 2.75) is 6.42 Å². The average molecular weight is 524 g/mol. The molecule has 190 valence electrons. The molecule has 9 aromatic rings. The Labute approximate surface area is 234 Å². The molecule has 5 heteroatoms. The van der Waals surface area contributed by atoms with Gasteiger partial charge in [0.25, 0.3) is 0 Å². The monoisotopic (exact) mass is 523 g/mol. The minimum Gasteiger partial charge on any atom is -0.309 e. The molecule has 0 atom stereocenters. The molecule has 0 saturated heterocycles. The van der Waals surface area contributed by atoms with Gasteiger partial charge in [-0.3, -0.25) is 4.40 Å². The van der Waals surface area contributed by atoms with Gasteiger partial charge in [-0.1, -0.05) is 48.5 Å². The minimum atomic E-state index is 0.830. The van der Waals surface area contributed by atoms with Crippen LogP contribution in [0, 0.1) is 0 Å². The Balaban J connectivity index is 1.45. The largest absolute Gasteiger partial charge is 0.309 e. The van der Waals surface area contributed by atoms with Crippen molar-refractivity contribution < 1.29 is 0 Å². The van der Waals surface area contributed by atoms with E-state index >= 15 is 0 Å². The lowest BCUT2D eigenvalue weighted by Crippen LogP contribution is -1.96. The van der Waals surface area contributed by atoms with Crippen molar-refractivity contribution in [2.24, 2.45) is 0 Å². The van der Waals surface area contributed by atoms with E-state index in [1.54, 1.807) is 0 Å². The normalized spacial score (nSPS) is 12.8. The van der Waals surface area contributed by atoms with E-state index in [-0.39, 0.29) is 0 Å². The van der Waals surface area contributed by atoms with Crippen LogP contribution in [0.15, 0.2) is 116 Å². The molecule has 0 spiro atoms. The second kappa shape index (κ2) is 7.55. The van der Waals surface area contributed by atoms with E-state index in [9.17, 15) is 0 Å². The predicted molar refractivity (Wildman–Crippen MR) is 166 cm³/mol. The first-order valence-corrected chi connectivity index (χ1v) is 13.9. The number of rotatable bonds is 1. The molecule has 0 radical (unpaired) electrons. The highest BCUT2D eigenvalue weighted by Crippen LogP contribution is 2.46. The summed E-state index contributed by atoms with van der Waals surface area (Å²) in [6.07, 6.45) is 4.61. The summed E-state index contributed by atoms with van der Waals surface area (Å²) in [5.41, 5.74) is 12.5. The van der Waals surface area contributed by atoms with E-state index in [1.807, 2.05) is 30.6 Å². The molecule has 5 aromatic heterocycles. The van der Waals surface area contributed by atoms with Crippen LogP contribution in [-0.4, -0.2) is 23.9 Å². The van der Waals surface area contributed by atoms with Crippen molar-refractivity contribution in [1.29, 1.82) is 0 Å². The van der Waals surface area contributed by atoms with Gasteiger partial charge in [-0.05, 0) is 88.7 Å². The molecule has 0 fully saturated rings. The first kappa shape index (κ1) is 21.3. The van der Waals surface area contributed by atoms with Gasteiger partial charge in [0.1, 0.15) is 16.8 Å². The fraction of sp³-hybridized carbons (Fsp3) is 0.0278. The summed E-state index contributed by atoms with van der Waals surface area (Å²) < 4.78 is 4.54. The van der Waals surface area contributed by atoms with E-state index in [1.165, 1.54) is 44.1 Å². The lowest BCUT2D eigenvalue weighted by molar-refractivity contribution is 1.18. The maximum Gasteiger partial charge on any atom is 0.166 e. The average Bonchev–Trinajstić information content (AvgIpc) is 3.70. The topological polar surface area (TPSA) is 48.0 Å². The Morgan fingerprint density at radius 1 is 0.561 bits per heavy atom. The highest BCUT2D eigenvalue weighted by molar-refractivity contribution is 6.22. The van der Waals surface area contributed by atoms with Gasteiger partial charge in [-0.2, -0.15) is 0 Å². The van der Waals surface area contributed by atoms with Crippen LogP contribution < -0.4 is 0 Å². The zero-order valence-electron chi connectivity index (χ0n) is 21.9. The fourth-order valence-corrected chi connectivity index (χ4v) is 7.13. The summed E-state index contributed by atoms with van der Waals surface area (Å²) in [7, 11) is 0. The third-order valence-electron chi connectivity index (χ3n) is 8.81. The molecule has 0 saturated carbocycles. The molecular weight excluding hydrogens is 502 g/mol. The Kier molecular flexibility index (Phi) is 3.92. The van der Waals surface area contributed by atoms with Gasteiger partial charge < -0.3 is 4.57 Å². The maximum atomic E-state index is 5.10. The molecule has 4 aromatic carbocycles. The van der Waals surface area contributed by atoms with E-state index in [0.717, 1.165) is 50.7 Å². The second-order valence-electron chi connectivity index (χ2n) is 10.9. The third kappa shape index (κ3) is 2.68. The van der Waals surface area contributed by atoms with Crippen molar-refractivity contribution in [1.82, 2.24) is 23.9 Å². The number of imidazole rings is 1. The SMILES string of the molecule is c1ccc(-n2c3cc4c5cccnc5n5c6ncccc6nc5c4cc3c3c4c(ccc32)-c2ccccc2C4)cc1. The lowest BCUT2D eigenvalue weighted by Gasteiger charge is -2.10. The quantitative estimate of drug-likeness (QED) is 0.204. The molecule has 1 aliphatic rings. The van der Waals surface area contributed by atoms with Crippen LogP contribution in [0.3, 0.4) is 0 Å². The highest BCUT2D eigenvalue weighted by Gasteiger charge is 2.25. The Bertz CT molecular complexity index is 2550. The first-order valence-electron chi connectivity index (χ1n) is 13.9. The number of pyridine rings is 3. The molecule has 0 N–H and O–H groups in total. The lowest BCUT2D eigenvalue weighted by atomic mass is 9.99. The van der Waals surface area contributed by atoms with Crippen LogP contribution in [0.4, 0.5) is 0 Å². The summed E-state index contributed by atoms with van der Waals surface area (Å²) in [4.78, 5) is 14.6. The van der Waals surface area contributed by atoms with Gasteiger partial charge in [0, 0.05) is 39.6 Å². The van der Waals surface area contributed by atoms with E-state index < -0.39 is 0 Å². The van der Waals surface area contributed by atoms with Gasteiger partial charge >= 0.3 is 0 Å². The molecule has 0 amide bonds. The smallest absolute Gasteiger partial charge is 0.166 e. The Hall–Kier alpha value is -5.55. The van der Waals surface area contributed by atoms with Gasteiger partial charge in [-0.15, -0.1) is 0 Å². The Morgan fingerprint density at radius 3 is 2.32 bits per heavy atom. The van der Waals surface area contributed by atoms with Crippen LogP contribution >= 0.6 is 0 Å². The van der Waals surface area contributed by atoms with Gasteiger partial charge in [0.2, 0.25) is 0 Å². The standard InChI is InChI=1S/C36H21N5/c1-2-9-22(10-3-1)40-31-15-14-24-23-11-5-4-8-21(23)18-27(24)33(31)29-19-28-26(20-32(29)40)25-12-6-16-37-34(25)41-35(28)39-30-13-7-17-38-36(30)41/h1-17,19-20H,18H2. The maximum absolute atomic E-state index is 5.10. The van der Waals surface area contributed by atoms with E-state index in [0.29, 0.717) is 0 Å². The summed E-state index contributed by atoms with van der Waals surface area (Å²) in [5, 5.41) is 5.90. The highest BCUT2D eigenvalue weighted by atomic mass is 15.1. The minimum absolute atomic E-state index is 0.830. The van der Waals surface area contributed by atoms with E-state index in [2.05, 4.69) is 93.9 Å². The number of aromatic nitrogens is 5. The Morgan fingerprint density at radius 2 is 1.39 bits per heavy atom. The van der Waals surface area contributed by atoms with Crippen molar-refractivity contribution in [3.8, 4) is 16.8 Å².